The fourth-order valence-corrected chi connectivity index (χ4v) is 2.14. The van der Waals surface area contributed by atoms with Crippen LogP contribution in [0, 0.1) is 10.1 Å². The number of halogens is 1. The number of amides is 3. The van der Waals surface area contributed by atoms with Gasteiger partial charge in [-0.15, -0.1) is 0 Å². The Balaban J connectivity index is 2.28. The molecular weight excluding hydrogens is 342 g/mol. The Morgan fingerprint density at radius 3 is 2.38 bits per heavy atom. The van der Waals surface area contributed by atoms with E-state index in [1.807, 2.05) is 5.32 Å². The van der Waals surface area contributed by atoms with Gasteiger partial charge in [0.25, 0.3) is 5.91 Å². The van der Waals surface area contributed by atoms with E-state index < -0.39 is 44.6 Å². The fourth-order valence-electron chi connectivity index (χ4n) is 1.86. The van der Waals surface area contributed by atoms with E-state index in [0.29, 0.717) is 5.69 Å². The van der Waals surface area contributed by atoms with Crippen molar-refractivity contribution >= 4 is 34.9 Å². The van der Waals surface area contributed by atoms with Gasteiger partial charge in [0.05, 0.1) is 9.95 Å². The maximum atomic E-state index is 12.1. The summed E-state index contributed by atoms with van der Waals surface area (Å²) in [5.41, 5.74) is -1.47. The molecule has 124 valence electrons. The van der Waals surface area contributed by atoms with Gasteiger partial charge in [0.2, 0.25) is 5.75 Å². The number of benzene rings is 2. The third kappa shape index (κ3) is 3.52. The molecule has 0 unspecified atom stereocenters. The second-order valence-corrected chi connectivity index (χ2v) is 4.89. The predicted octanol–water partition coefficient (Wildman–Crippen LogP) is 2.62. The van der Waals surface area contributed by atoms with Crippen LogP contribution in [0.3, 0.4) is 0 Å². The molecule has 0 aromatic heterocycles. The molecule has 0 aliphatic heterocycles. The number of carbonyl (C=O) groups is 2. The largest absolute Gasteiger partial charge is 0.504 e. The third-order valence-electron chi connectivity index (χ3n) is 2.87. The van der Waals surface area contributed by atoms with E-state index in [4.69, 9.17) is 11.6 Å². The number of phenolic OH excluding ortho intramolecular Hbond substituents is 2. The van der Waals surface area contributed by atoms with Gasteiger partial charge in [-0.1, -0.05) is 29.8 Å². The summed E-state index contributed by atoms with van der Waals surface area (Å²) in [7, 11) is 0. The number of urea groups is 1. The molecule has 0 saturated heterocycles. The van der Waals surface area contributed by atoms with Crippen molar-refractivity contribution in [3.63, 3.8) is 0 Å². The van der Waals surface area contributed by atoms with E-state index in [-0.39, 0.29) is 0 Å². The Morgan fingerprint density at radius 2 is 1.79 bits per heavy atom. The lowest BCUT2D eigenvalue weighted by Gasteiger charge is -2.09. The van der Waals surface area contributed by atoms with Crippen molar-refractivity contribution in [2.24, 2.45) is 0 Å². The van der Waals surface area contributed by atoms with Crippen LogP contribution >= 0.6 is 11.6 Å². The van der Waals surface area contributed by atoms with Crippen LogP contribution in [0.4, 0.5) is 16.2 Å². The maximum absolute atomic E-state index is 12.1. The van der Waals surface area contributed by atoms with E-state index in [9.17, 15) is 29.9 Å². The minimum atomic E-state index is -1.21. The van der Waals surface area contributed by atoms with Gasteiger partial charge in [0.15, 0.2) is 5.75 Å². The van der Waals surface area contributed by atoms with Gasteiger partial charge >= 0.3 is 11.7 Å². The van der Waals surface area contributed by atoms with E-state index in [0.717, 1.165) is 6.07 Å². The molecule has 0 aliphatic carbocycles. The molecule has 24 heavy (non-hydrogen) atoms. The minimum absolute atomic E-state index is 0.386. The molecule has 0 spiro atoms. The Kier molecular flexibility index (Phi) is 4.85. The molecule has 3 amide bonds. The lowest BCUT2D eigenvalue weighted by molar-refractivity contribution is -0.386. The summed E-state index contributed by atoms with van der Waals surface area (Å²) in [5.74, 6) is -3.20. The number of carbonyl (C=O) groups excluding carboxylic acids is 2. The highest BCUT2D eigenvalue weighted by atomic mass is 35.5. The van der Waals surface area contributed by atoms with Gasteiger partial charge in [-0.05, 0) is 12.1 Å². The second-order valence-electron chi connectivity index (χ2n) is 4.48. The zero-order valence-corrected chi connectivity index (χ0v) is 12.6. The summed E-state index contributed by atoms with van der Waals surface area (Å²) in [6.45, 7) is 0. The number of nitrogens with one attached hydrogen (secondary N) is 2. The first-order valence-electron chi connectivity index (χ1n) is 6.37. The van der Waals surface area contributed by atoms with Crippen LogP contribution in [0.15, 0.2) is 36.4 Å². The van der Waals surface area contributed by atoms with Crippen LogP contribution in [-0.2, 0) is 0 Å². The first-order chi connectivity index (χ1) is 11.3. The number of hydrogen-bond donors (Lipinski definition) is 4. The predicted molar refractivity (Wildman–Crippen MR) is 84.4 cm³/mol. The summed E-state index contributed by atoms with van der Waals surface area (Å²) < 4.78 is 0. The van der Waals surface area contributed by atoms with Gasteiger partial charge < -0.3 is 15.5 Å². The number of aromatic hydroxyl groups is 2. The Hall–Kier alpha value is -3.33. The maximum Gasteiger partial charge on any atom is 0.328 e. The number of para-hydroxylation sites is 1. The van der Waals surface area contributed by atoms with Crippen molar-refractivity contribution < 1.29 is 24.7 Å². The van der Waals surface area contributed by atoms with Crippen molar-refractivity contribution in [3.05, 3.63) is 57.1 Å². The first kappa shape index (κ1) is 17.0. The molecule has 10 heteroatoms. The number of nitrogens with zero attached hydrogens (tertiary/aromatic N) is 1. The summed E-state index contributed by atoms with van der Waals surface area (Å²) in [6.07, 6.45) is 0. The van der Waals surface area contributed by atoms with Crippen LogP contribution in [0.2, 0.25) is 5.02 Å². The molecular formula is C14H10ClN3O6. The lowest BCUT2D eigenvalue weighted by atomic mass is 10.1. The van der Waals surface area contributed by atoms with Crippen LogP contribution in [0.25, 0.3) is 0 Å². The first-order valence-corrected chi connectivity index (χ1v) is 6.75. The number of anilines is 1. The fraction of sp³-hybridized carbons (Fsp3) is 0. The number of phenols is 2. The van der Waals surface area contributed by atoms with Crippen LogP contribution in [-0.4, -0.2) is 27.1 Å². The lowest BCUT2D eigenvalue weighted by Crippen LogP contribution is -2.34. The number of hydrogen-bond acceptors (Lipinski definition) is 6. The van der Waals surface area contributed by atoms with Crippen molar-refractivity contribution in [1.29, 1.82) is 0 Å². The zero-order chi connectivity index (χ0) is 17.9. The highest BCUT2D eigenvalue weighted by Crippen LogP contribution is 2.41. The van der Waals surface area contributed by atoms with E-state index in [1.165, 1.54) is 0 Å². The molecule has 0 aliphatic rings. The van der Waals surface area contributed by atoms with Crippen LogP contribution in [0.1, 0.15) is 10.4 Å². The Bertz CT molecular complexity index is 825. The van der Waals surface area contributed by atoms with Crippen molar-refractivity contribution in [2.75, 3.05) is 5.32 Å². The monoisotopic (exact) mass is 351 g/mol. The van der Waals surface area contributed by atoms with Crippen LogP contribution in [0.5, 0.6) is 11.5 Å². The molecule has 9 nitrogen and oxygen atoms in total. The van der Waals surface area contributed by atoms with Gasteiger partial charge in [-0.3, -0.25) is 20.2 Å². The molecule has 2 aromatic rings. The van der Waals surface area contributed by atoms with Crippen molar-refractivity contribution in [3.8, 4) is 11.5 Å². The average molecular weight is 352 g/mol. The number of rotatable bonds is 3. The van der Waals surface area contributed by atoms with E-state index in [2.05, 4.69) is 5.32 Å². The highest BCUT2D eigenvalue weighted by Gasteiger charge is 2.31. The SMILES string of the molecule is O=C(NC(=O)c1c(Cl)cc(O)c(O)c1[N+](=O)[O-])Nc1ccccc1. The molecule has 0 saturated carbocycles. The van der Waals surface area contributed by atoms with Crippen LogP contribution < -0.4 is 10.6 Å². The molecule has 0 radical (unpaired) electrons. The molecule has 2 rings (SSSR count). The molecule has 0 heterocycles. The number of nitro groups is 1. The normalized spacial score (nSPS) is 10.0. The molecule has 2 aromatic carbocycles. The quantitative estimate of drug-likeness (QED) is 0.380. The summed E-state index contributed by atoms with van der Waals surface area (Å²) in [4.78, 5) is 33.8. The van der Waals surface area contributed by atoms with Gasteiger partial charge in [-0.25, -0.2) is 4.79 Å². The third-order valence-corrected chi connectivity index (χ3v) is 3.17. The highest BCUT2D eigenvalue weighted by molar-refractivity contribution is 6.35. The van der Waals surface area contributed by atoms with E-state index >= 15 is 0 Å². The minimum Gasteiger partial charge on any atom is -0.504 e. The smallest absolute Gasteiger partial charge is 0.328 e. The van der Waals surface area contributed by atoms with Gasteiger partial charge in [0.1, 0.15) is 5.56 Å². The summed E-state index contributed by atoms with van der Waals surface area (Å²) >= 11 is 5.72. The molecule has 0 fully saturated rings. The standard InChI is InChI=1S/C14H10ClN3O6/c15-8-6-9(19)12(20)11(18(23)24)10(8)13(21)17-14(22)16-7-4-2-1-3-5-7/h1-6,19-20H,(H2,16,17,21,22). The average Bonchev–Trinajstić information content (AvgIpc) is 2.50. The van der Waals surface area contributed by atoms with Crippen molar-refractivity contribution in [1.82, 2.24) is 5.32 Å². The Morgan fingerprint density at radius 1 is 1.17 bits per heavy atom. The summed E-state index contributed by atoms with van der Waals surface area (Å²) in [5, 5.41) is 33.6. The van der Waals surface area contributed by atoms with Gasteiger partial charge in [0, 0.05) is 11.8 Å². The second kappa shape index (κ2) is 6.84. The number of nitro benzene ring substituents is 1. The molecule has 0 atom stereocenters. The number of imide groups is 1. The summed E-state index contributed by atoms with van der Waals surface area (Å²) in [6, 6.07) is 7.94. The van der Waals surface area contributed by atoms with Gasteiger partial charge in [-0.2, -0.15) is 0 Å². The van der Waals surface area contributed by atoms with Crippen molar-refractivity contribution in [2.45, 2.75) is 0 Å². The van der Waals surface area contributed by atoms with E-state index in [1.54, 1.807) is 30.3 Å². The Labute approximate surface area is 139 Å². The molecule has 4 N–H and O–H groups in total. The topological polar surface area (TPSA) is 142 Å². The molecule has 0 bridgehead atoms. The zero-order valence-electron chi connectivity index (χ0n) is 11.8.